The average Bonchev–Trinajstić information content (AvgIpc) is 3.21. The van der Waals surface area contributed by atoms with Crippen LogP contribution in [-0.4, -0.2) is 52.2 Å². The smallest absolute Gasteiger partial charge is 0.237 e. The van der Waals surface area contributed by atoms with Crippen LogP contribution in [0.5, 0.6) is 0 Å². The van der Waals surface area contributed by atoms with E-state index in [1.807, 2.05) is 6.92 Å². The third kappa shape index (κ3) is 5.51. The van der Waals surface area contributed by atoms with Gasteiger partial charge in [0.1, 0.15) is 12.4 Å². The monoisotopic (exact) mass is 599 g/mol. The Morgan fingerprint density at radius 2 is 1.03 bits per heavy atom. The van der Waals surface area contributed by atoms with Gasteiger partial charge in [0.15, 0.2) is 0 Å². The van der Waals surface area contributed by atoms with Crippen molar-refractivity contribution >= 4 is 0 Å². The zero-order valence-electron chi connectivity index (χ0n) is 19.0. The molecule has 0 fully saturated rings. The van der Waals surface area contributed by atoms with Crippen molar-refractivity contribution in [3.05, 3.63) is 18.7 Å². The van der Waals surface area contributed by atoms with Gasteiger partial charge in [-0.05, 0) is 12.8 Å². The number of aryl methyl sites for hydroxylation is 2. The van der Waals surface area contributed by atoms with Gasteiger partial charge in [0, 0.05) is 0 Å². The van der Waals surface area contributed by atoms with Gasteiger partial charge in [0.25, 0.3) is 0 Å². The number of unbranched alkanes of at least 4 members (excludes halogenated alkanes) is 3. The zero-order chi connectivity index (χ0) is 30.2. The molecule has 1 aromatic rings. The summed E-state index contributed by atoms with van der Waals surface area (Å²) in [6, 6.07) is 0. The number of hydrogen-bond donors (Lipinski definition) is 0. The first-order chi connectivity index (χ1) is 16.8. The fourth-order valence-corrected chi connectivity index (χ4v) is 3.05. The largest absolute Gasteiger partial charge is 0.460 e. The summed E-state index contributed by atoms with van der Waals surface area (Å²) in [5, 5.41) is 0. The van der Waals surface area contributed by atoms with Crippen molar-refractivity contribution in [2.45, 2.75) is 99.8 Å². The molecule has 1 aromatic heterocycles. The van der Waals surface area contributed by atoms with Gasteiger partial charge in [-0.2, -0.15) is 74.6 Å². The molecule has 0 saturated heterocycles. The summed E-state index contributed by atoms with van der Waals surface area (Å²) in [6.45, 7) is 0.837. The summed E-state index contributed by atoms with van der Waals surface area (Å²) in [5.74, 6) is -56.1. The summed E-state index contributed by atoms with van der Waals surface area (Å²) in [4.78, 5) is 0. The van der Waals surface area contributed by atoms with Crippen LogP contribution in [0.2, 0.25) is 0 Å². The van der Waals surface area contributed by atoms with Crippen LogP contribution in [0.3, 0.4) is 0 Å². The van der Waals surface area contributed by atoms with E-state index < -0.39 is 60.6 Å². The molecular weight excluding hydrogens is 579 g/mol. The number of imidazole rings is 1. The maximum absolute atomic E-state index is 14.0. The third-order valence-corrected chi connectivity index (χ3v) is 5.49. The van der Waals surface area contributed by atoms with Crippen molar-refractivity contribution < 1.29 is 79.2 Å². The molecule has 0 aromatic carbocycles. The fourth-order valence-electron chi connectivity index (χ4n) is 3.05. The molecule has 0 radical (unpaired) electrons. The van der Waals surface area contributed by atoms with Crippen LogP contribution in [-0.2, 0) is 13.1 Å². The highest BCUT2D eigenvalue weighted by Crippen LogP contribution is 2.64. The molecule has 0 atom stereocenters. The Morgan fingerprint density at radius 3 is 1.47 bits per heavy atom. The van der Waals surface area contributed by atoms with E-state index in [-0.39, 0.29) is 6.54 Å². The minimum absolute atomic E-state index is 0.287. The molecule has 2 nitrogen and oxygen atoms in total. The second-order valence-electron chi connectivity index (χ2n) is 8.35. The Balaban J connectivity index is 3.24. The minimum atomic E-state index is -8.61. The number of rotatable bonds is 14. The standard InChI is InChI=1S/C19H20F17N2/c1-2-3-4-5-7-37-9-10-38(11-37)8-6-12(20,21)13(22,23)14(24,25)15(26,27)16(28,29)17(30,31)18(32,33)19(34,35)36/h9-11H,2-8H2,1H3/q+1. The van der Waals surface area contributed by atoms with E-state index >= 15 is 0 Å². The quantitative estimate of drug-likeness (QED) is 0.118. The van der Waals surface area contributed by atoms with Gasteiger partial charge < -0.3 is 0 Å². The second-order valence-corrected chi connectivity index (χ2v) is 8.35. The zero-order valence-corrected chi connectivity index (χ0v) is 19.0. The molecule has 224 valence electrons. The van der Waals surface area contributed by atoms with Gasteiger partial charge in [0.2, 0.25) is 6.33 Å². The summed E-state index contributed by atoms with van der Waals surface area (Å²) in [5.41, 5.74) is 0. The highest BCUT2D eigenvalue weighted by atomic mass is 19.4. The lowest BCUT2D eigenvalue weighted by molar-refractivity contribution is -0.696. The van der Waals surface area contributed by atoms with E-state index in [0.29, 0.717) is 11.0 Å². The number of alkyl halides is 17. The molecule has 38 heavy (non-hydrogen) atoms. The van der Waals surface area contributed by atoms with Gasteiger partial charge in [-0.15, -0.1) is 0 Å². The van der Waals surface area contributed by atoms with Gasteiger partial charge >= 0.3 is 47.6 Å². The lowest BCUT2D eigenvalue weighted by Crippen LogP contribution is -2.74. The summed E-state index contributed by atoms with van der Waals surface area (Å²) in [7, 11) is 0. The van der Waals surface area contributed by atoms with Crippen molar-refractivity contribution in [2.75, 3.05) is 0 Å². The molecule has 19 heteroatoms. The van der Waals surface area contributed by atoms with Gasteiger partial charge in [-0.25, -0.2) is 9.13 Å². The molecule has 0 aliphatic carbocycles. The maximum atomic E-state index is 14.0. The number of nitrogens with zero attached hydrogens (tertiary/aromatic N) is 2. The van der Waals surface area contributed by atoms with E-state index in [4.69, 9.17) is 0 Å². The molecule has 0 unspecified atom stereocenters. The van der Waals surface area contributed by atoms with Gasteiger partial charge in [-0.3, -0.25) is 0 Å². The molecular formula is C19H20F17N2+. The Morgan fingerprint density at radius 1 is 0.579 bits per heavy atom. The van der Waals surface area contributed by atoms with Gasteiger partial charge in [-0.1, -0.05) is 19.8 Å². The Hall–Kier alpha value is -1.98. The first kappa shape index (κ1) is 34.0. The van der Waals surface area contributed by atoms with E-state index in [1.165, 1.54) is 10.8 Å². The fraction of sp³-hybridized carbons (Fsp3) is 0.842. The topological polar surface area (TPSA) is 8.81 Å². The second kappa shape index (κ2) is 10.5. The summed E-state index contributed by atoms with van der Waals surface area (Å²) in [6.07, 6.45) is -4.08. The highest BCUT2D eigenvalue weighted by Gasteiger charge is 2.95. The van der Waals surface area contributed by atoms with Crippen LogP contribution in [0, 0.1) is 0 Å². The predicted octanol–water partition coefficient (Wildman–Crippen LogP) is 7.76. The normalized spacial score (nSPS) is 15.3. The molecule has 0 spiro atoms. The molecule has 1 heterocycles. The van der Waals surface area contributed by atoms with Crippen LogP contribution in [0.15, 0.2) is 18.7 Å². The molecule has 0 amide bonds. The lowest BCUT2D eigenvalue weighted by atomic mass is 9.88. The number of halogens is 17. The van der Waals surface area contributed by atoms with Crippen molar-refractivity contribution in [3.63, 3.8) is 0 Å². The molecule has 0 aliphatic rings. The van der Waals surface area contributed by atoms with Crippen LogP contribution in [0.1, 0.15) is 39.0 Å². The number of hydrogen-bond acceptors (Lipinski definition) is 0. The van der Waals surface area contributed by atoms with E-state index in [0.717, 1.165) is 31.8 Å². The average molecular weight is 599 g/mol. The number of aromatic nitrogens is 2. The molecule has 0 bridgehead atoms. The van der Waals surface area contributed by atoms with Crippen LogP contribution in [0.4, 0.5) is 74.6 Å². The van der Waals surface area contributed by atoms with E-state index in [9.17, 15) is 74.6 Å². The van der Waals surface area contributed by atoms with Crippen molar-refractivity contribution in [2.24, 2.45) is 0 Å². The molecule has 0 N–H and O–H groups in total. The minimum Gasteiger partial charge on any atom is -0.237 e. The van der Waals surface area contributed by atoms with Crippen LogP contribution in [0.25, 0.3) is 0 Å². The third-order valence-electron chi connectivity index (χ3n) is 5.49. The Labute approximate surface area is 203 Å². The summed E-state index contributed by atoms with van der Waals surface area (Å²) < 4.78 is 228. The van der Waals surface area contributed by atoms with E-state index in [1.54, 1.807) is 0 Å². The lowest BCUT2D eigenvalue weighted by Gasteiger charge is -2.42. The van der Waals surface area contributed by atoms with Crippen LogP contribution < -0.4 is 4.57 Å². The Kier molecular flexibility index (Phi) is 9.44. The van der Waals surface area contributed by atoms with E-state index in [2.05, 4.69) is 0 Å². The van der Waals surface area contributed by atoms with Crippen molar-refractivity contribution in [1.29, 1.82) is 0 Å². The SMILES string of the molecule is CCCCCC[n+]1ccn(CCC(F)(F)C(F)(F)C(F)(F)C(F)(F)C(F)(F)C(F)(F)C(F)(F)C(F)(F)F)c1. The molecule has 1 rings (SSSR count). The molecule has 0 aliphatic heterocycles. The summed E-state index contributed by atoms with van der Waals surface area (Å²) >= 11 is 0. The maximum Gasteiger partial charge on any atom is 0.460 e. The van der Waals surface area contributed by atoms with Crippen molar-refractivity contribution in [1.82, 2.24) is 4.57 Å². The highest BCUT2D eigenvalue weighted by molar-refractivity contribution is 5.15. The first-order valence-electron chi connectivity index (χ1n) is 10.5. The Bertz CT molecular complexity index is 917. The van der Waals surface area contributed by atoms with Gasteiger partial charge in [0.05, 0.1) is 19.5 Å². The molecule has 0 saturated carbocycles. The van der Waals surface area contributed by atoms with Crippen molar-refractivity contribution in [3.8, 4) is 0 Å². The predicted molar refractivity (Wildman–Crippen MR) is 94.1 cm³/mol. The first-order valence-corrected chi connectivity index (χ1v) is 10.5. The van der Waals surface area contributed by atoms with Crippen LogP contribution >= 0.6 is 0 Å².